The number of hydrogen-bond acceptors (Lipinski definition) is 5. The van der Waals surface area contributed by atoms with Gasteiger partial charge in [-0.25, -0.2) is 12.7 Å². The Labute approximate surface area is 127 Å². The highest BCUT2D eigenvalue weighted by Gasteiger charge is 2.19. The molecule has 0 aromatic carbocycles. The summed E-state index contributed by atoms with van der Waals surface area (Å²) >= 11 is 1.15. The second-order valence-corrected chi connectivity index (χ2v) is 7.97. The zero-order valence-electron chi connectivity index (χ0n) is 11.6. The summed E-state index contributed by atoms with van der Waals surface area (Å²) in [5.41, 5.74) is 0.516. The van der Waals surface area contributed by atoms with Crippen LogP contribution in [0.15, 0.2) is 40.9 Å². The molecule has 2 aromatic heterocycles. The number of carbonyl (C=O) groups excluding carboxylic acids is 1. The summed E-state index contributed by atoms with van der Waals surface area (Å²) in [6.07, 6.45) is 3.09. The first-order valence-electron chi connectivity index (χ1n) is 6.11. The van der Waals surface area contributed by atoms with Crippen molar-refractivity contribution in [2.75, 3.05) is 14.1 Å². The van der Waals surface area contributed by atoms with E-state index in [0.29, 0.717) is 5.56 Å². The maximum absolute atomic E-state index is 11.9. The smallest absolute Gasteiger partial charge is 0.252 e. The van der Waals surface area contributed by atoms with Crippen LogP contribution in [-0.4, -0.2) is 37.7 Å². The van der Waals surface area contributed by atoms with E-state index in [1.807, 2.05) is 0 Å². The Morgan fingerprint density at radius 1 is 1.24 bits per heavy atom. The molecule has 1 N–H and O–H groups in total. The van der Waals surface area contributed by atoms with Crippen molar-refractivity contribution < 1.29 is 13.2 Å². The number of nitrogens with one attached hydrogen (secondary N) is 1. The molecular formula is C13H15N3O3S2. The van der Waals surface area contributed by atoms with E-state index >= 15 is 0 Å². The van der Waals surface area contributed by atoms with Gasteiger partial charge in [-0.15, -0.1) is 11.3 Å². The number of sulfonamides is 1. The third-order valence-electron chi connectivity index (χ3n) is 2.74. The first-order valence-corrected chi connectivity index (χ1v) is 8.36. The van der Waals surface area contributed by atoms with Gasteiger partial charge in [0.1, 0.15) is 4.21 Å². The molecular weight excluding hydrogens is 310 g/mol. The topological polar surface area (TPSA) is 79.4 Å². The average Bonchev–Trinajstić information content (AvgIpc) is 2.95. The number of thiophene rings is 1. The average molecular weight is 325 g/mol. The van der Waals surface area contributed by atoms with Crippen molar-refractivity contribution in [2.45, 2.75) is 10.8 Å². The van der Waals surface area contributed by atoms with Gasteiger partial charge < -0.3 is 5.32 Å². The van der Waals surface area contributed by atoms with Gasteiger partial charge in [-0.1, -0.05) is 0 Å². The Morgan fingerprint density at radius 3 is 2.52 bits per heavy atom. The van der Waals surface area contributed by atoms with Crippen LogP contribution in [0, 0.1) is 0 Å². The molecule has 0 bridgehead atoms. The van der Waals surface area contributed by atoms with E-state index in [0.717, 1.165) is 20.5 Å². The van der Waals surface area contributed by atoms with Gasteiger partial charge in [-0.2, -0.15) is 0 Å². The molecule has 2 rings (SSSR count). The van der Waals surface area contributed by atoms with Gasteiger partial charge in [0.25, 0.3) is 15.9 Å². The molecule has 0 saturated carbocycles. The number of nitrogens with zero attached hydrogens (tertiary/aromatic N) is 2. The Morgan fingerprint density at radius 2 is 1.90 bits per heavy atom. The third kappa shape index (κ3) is 3.66. The van der Waals surface area contributed by atoms with Crippen LogP contribution in [0.5, 0.6) is 0 Å². The Balaban J connectivity index is 2.03. The highest BCUT2D eigenvalue weighted by Crippen LogP contribution is 2.23. The van der Waals surface area contributed by atoms with Gasteiger partial charge in [0, 0.05) is 36.9 Å². The van der Waals surface area contributed by atoms with E-state index in [2.05, 4.69) is 10.3 Å². The molecule has 0 unspecified atom stereocenters. The lowest BCUT2D eigenvalue weighted by atomic mass is 10.2. The molecule has 0 spiro atoms. The Hall–Kier alpha value is -1.77. The van der Waals surface area contributed by atoms with E-state index in [4.69, 9.17) is 0 Å². The Kier molecular flexibility index (Phi) is 4.71. The minimum atomic E-state index is -3.42. The predicted octanol–water partition coefficient (Wildman–Crippen LogP) is 1.32. The first-order chi connectivity index (χ1) is 9.91. The van der Waals surface area contributed by atoms with Gasteiger partial charge in [-0.05, 0) is 24.3 Å². The molecule has 0 fully saturated rings. The fraction of sp³-hybridized carbons (Fsp3) is 0.231. The van der Waals surface area contributed by atoms with Crippen LogP contribution in [0.1, 0.15) is 15.2 Å². The predicted molar refractivity (Wildman–Crippen MR) is 80.6 cm³/mol. The molecule has 21 heavy (non-hydrogen) atoms. The standard InChI is InChI=1S/C13H15N3O3S2/c1-16(2)21(18,19)12-4-3-11(20-12)9-15-13(17)10-5-7-14-8-6-10/h3-8H,9H2,1-2H3,(H,15,17). The molecule has 1 amide bonds. The molecule has 8 heteroatoms. The minimum Gasteiger partial charge on any atom is -0.347 e. The maximum Gasteiger partial charge on any atom is 0.252 e. The fourth-order valence-electron chi connectivity index (χ4n) is 1.54. The van der Waals surface area contributed by atoms with E-state index < -0.39 is 10.0 Å². The highest BCUT2D eigenvalue weighted by atomic mass is 32.2. The lowest BCUT2D eigenvalue weighted by molar-refractivity contribution is 0.0951. The zero-order valence-corrected chi connectivity index (χ0v) is 13.2. The summed E-state index contributed by atoms with van der Waals surface area (Å²) in [5, 5.41) is 2.74. The van der Waals surface area contributed by atoms with Gasteiger partial charge in [0.2, 0.25) is 0 Å². The largest absolute Gasteiger partial charge is 0.347 e. The summed E-state index contributed by atoms with van der Waals surface area (Å²) in [6.45, 7) is 0.286. The van der Waals surface area contributed by atoms with Gasteiger partial charge in [0.15, 0.2) is 0 Å². The zero-order chi connectivity index (χ0) is 15.5. The van der Waals surface area contributed by atoms with Crippen LogP contribution in [0.2, 0.25) is 0 Å². The van der Waals surface area contributed by atoms with Crippen LogP contribution >= 0.6 is 11.3 Å². The number of carbonyl (C=O) groups is 1. The van der Waals surface area contributed by atoms with Gasteiger partial charge >= 0.3 is 0 Å². The second-order valence-electron chi connectivity index (χ2n) is 4.43. The van der Waals surface area contributed by atoms with Crippen LogP contribution in [0.25, 0.3) is 0 Å². The van der Waals surface area contributed by atoms with E-state index in [-0.39, 0.29) is 16.7 Å². The maximum atomic E-state index is 11.9. The van der Waals surface area contributed by atoms with Crippen LogP contribution in [0.4, 0.5) is 0 Å². The number of hydrogen-bond donors (Lipinski definition) is 1. The quantitative estimate of drug-likeness (QED) is 0.899. The molecule has 0 aliphatic rings. The van der Waals surface area contributed by atoms with Crippen LogP contribution < -0.4 is 5.32 Å². The number of aromatic nitrogens is 1. The monoisotopic (exact) mass is 325 g/mol. The Bertz CT molecular complexity index is 724. The molecule has 112 valence electrons. The van der Waals surface area contributed by atoms with Crippen molar-refractivity contribution in [3.8, 4) is 0 Å². The van der Waals surface area contributed by atoms with Crippen molar-refractivity contribution in [3.63, 3.8) is 0 Å². The minimum absolute atomic E-state index is 0.220. The molecule has 0 radical (unpaired) electrons. The highest BCUT2D eigenvalue weighted by molar-refractivity contribution is 7.91. The molecule has 0 atom stereocenters. The van der Waals surface area contributed by atoms with E-state index in [9.17, 15) is 13.2 Å². The second kappa shape index (κ2) is 6.33. The van der Waals surface area contributed by atoms with Crippen molar-refractivity contribution in [1.82, 2.24) is 14.6 Å². The number of amides is 1. The van der Waals surface area contributed by atoms with Crippen LogP contribution in [-0.2, 0) is 16.6 Å². The summed E-state index contributed by atoms with van der Waals surface area (Å²) in [7, 11) is -0.444. The molecule has 2 aromatic rings. The van der Waals surface area contributed by atoms with E-state index in [1.54, 1.807) is 36.7 Å². The van der Waals surface area contributed by atoms with E-state index in [1.165, 1.54) is 14.1 Å². The summed E-state index contributed by atoms with van der Waals surface area (Å²) in [5.74, 6) is -0.220. The summed E-state index contributed by atoms with van der Waals surface area (Å²) in [6, 6.07) is 6.49. The third-order valence-corrected chi connectivity index (χ3v) is 6.11. The first kappa shape index (κ1) is 15.6. The van der Waals surface area contributed by atoms with Crippen molar-refractivity contribution >= 4 is 27.3 Å². The summed E-state index contributed by atoms with van der Waals surface area (Å²) < 4.78 is 25.3. The van der Waals surface area contributed by atoms with Crippen LogP contribution in [0.3, 0.4) is 0 Å². The van der Waals surface area contributed by atoms with Crippen molar-refractivity contribution in [1.29, 1.82) is 0 Å². The number of rotatable bonds is 5. The SMILES string of the molecule is CN(C)S(=O)(=O)c1ccc(CNC(=O)c2ccncc2)s1. The van der Waals surface area contributed by atoms with Crippen molar-refractivity contribution in [3.05, 3.63) is 47.1 Å². The summed E-state index contributed by atoms with van der Waals surface area (Å²) in [4.78, 5) is 16.5. The molecule has 0 aliphatic carbocycles. The normalized spacial score (nSPS) is 11.6. The van der Waals surface area contributed by atoms with Crippen molar-refractivity contribution in [2.24, 2.45) is 0 Å². The fourth-order valence-corrected chi connectivity index (χ4v) is 4.01. The lowest BCUT2D eigenvalue weighted by Gasteiger charge is -2.08. The van der Waals surface area contributed by atoms with Gasteiger partial charge in [-0.3, -0.25) is 9.78 Å². The molecule has 0 aliphatic heterocycles. The lowest BCUT2D eigenvalue weighted by Crippen LogP contribution is -2.22. The molecule has 2 heterocycles. The molecule has 6 nitrogen and oxygen atoms in total. The number of pyridine rings is 1. The molecule has 0 saturated heterocycles. The van der Waals surface area contributed by atoms with Gasteiger partial charge in [0.05, 0.1) is 6.54 Å².